The van der Waals surface area contributed by atoms with Gasteiger partial charge in [0.15, 0.2) is 0 Å². The first-order chi connectivity index (χ1) is 15.1. The molecule has 6 heteroatoms. The molecule has 0 aliphatic carbocycles. The molecule has 5 rings (SSSR count). The van der Waals surface area contributed by atoms with Crippen LogP contribution in [-0.4, -0.2) is 42.1 Å². The smallest absolute Gasteiger partial charge is 0.233 e. The number of nitrogens with zero attached hydrogens (tertiary/aromatic N) is 1. The maximum absolute atomic E-state index is 13.8. The normalized spacial score (nSPS) is 18.8. The molecule has 31 heavy (non-hydrogen) atoms. The SMILES string of the molecule is O=C(N1CC=C(c2c[nH]c3cc(F)ccc23)CC1)C1(c2ccc(Br)cc2)CCOCC1. The Kier molecular flexibility index (Phi) is 5.44. The van der Waals surface area contributed by atoms with Gasteiger partial charge in [0.25, 0.3) is 0 Å². The van der Waals surface area contributed by atoms with Gasteiger partial charge in [0.1, 0.15) is 5.82 Å². The molecule has 0 bridgehead atoms. The van der Waals surface area contributed by atoms with Gasteiger partial charge >= 0.3 is 0 Å². The molecule has 0 spiro atoms. The molecule has 4 nitrogen and oxygen atoms in total. The third-order valence-electron chi connectivity index (χ3n) is 6.64. The van der Waals surface area contributed by atoms with E-state index in [1.807, 2.05) is 29.3 Å². The molecule has 160 valence electrons. The summed E-state index contributed by atoms with van der Waals surface area (Å²) in [5, 5.41) is 1.02. The number of fused-ring (bicyclic) bond motifs is 1. The van der Waals surface area contributed by atoms with Crippen LogP contribution in [0.2, 0.25) is 0 Å². The minimum Gasteiger partial charge on any atom is -0.381 e. The molecule has 0 unspecified atom stereocenters. The number of rotatable bonds is 3. The van der Waals surface area contributed by atoms with Gasteiger partial charge in [-0.05, 0) is 60.7 Å². The number of nitrogens with one attached hydrogen (secondary N) is 1. The first-order valence-electron chi connectivity index (χ1n) is 10.7. The van der Waals surface area contributed by atoms with E-state index >= 15 is 0 Å². The number of H-pyrrole nitrogens is 1. The summed E-state index contributed by atoms with van der Waals surface area (Å²) in [5.41, 5.74) is 3.63. The number of benzene rings is 2. The molecule has 2 aliphatic heterocycles. The van der Waals surface area contributed by atoms with Gasteiger partial charge < -0.3 is 14.6 Å². The van der Waals surface area contributed by atoms with Crippen molar-refractivity contribution in [2.75, 3.05) is 26.3 Å². The van der Waals surface area contributed by atoms with E-state index in [1.54, 1.807) is 0 Å². The highest BCUT2D eigenvalue weighted by molar-refractivity contribution is 9.10. The van der Waals surface area contributed by atoms with Gasteiger partial charge in [-0.3, -0.25) is 4.79 Å². The van der Waals surface area contributed by atoms with Crippen LogP contribution in [-0.2, 0) is 14.9 Å². The maximum Gasteiger partial charge on any atom is 0.233 e. The van der Waals surface area contributed by atoms with Gasteiger partial charge in [-0.2, -0.15) is 0 Å². The van der Waals surface area contributed by atoms with E-state index in [2.05, 4.69) is 39.1 Å². The fourth-order valence-corrected chi connectivity index (χ4v) is 5.14. The number of aromatic amines is 1. The van der Waals surface area contributed by atoms with Gasteiger partial charge in [-0.1, -0.05) is 34.1 Å². The van der Waals surface area contributed by atoms with E-state index in [4.69, 9.17) is 4.74 Å². The molecule has 1 N–H and O–H groups in total. The van der Waals surface area contributed by atoms with Crippen molar-refractivity contribution in [2.45, 2.75) is 24.7 Å². The van der Waals surface area contributed by atoms with Crippen molar-refractivity contribution in [2.24, 2.45) is 0 Å². The summed E-state index contributed by atoms with van der Waals surface area (Å²) in [7, 11) is 0. The van der Waals surface area contributed by atoms with Crippen LogP contribution in [0.15, 0.2) is 59.2 Å². The Bertz CT molecular complexity index is 1150. The maximum atomic E-state index is 13.8. The Morgan fingerprint density at radius 3 is 2.61 bits per heavy atom. The minimum atomic E-state index is -0.525. The Morgan fingerprint density at radius 1 is 1.13 bits per heavy atom. The van der Waals surface area contributed by atoms with E-state index in [0.717, 1.165) is 32.9 Å². The average molecular weight is 483 g/mol. The Morgan fingerprint density at radius 2 is 1.90 bits per heavy atom. The number of ether oxygens (including phenoxy) is 1. The molecule has 2 aliphatic rings. The fraction of sp³-hybridized carbons (Fsp3) is 0.320. The highest BCUT2D eigenvalue weighted by atomic mass is 79.9. The van der Waals surface area contributed by atoms with E-state index in [0.29, 0.717) is 39.1 Å². The highest BCUT2D eigenvalue weighted by Gasteiger charge is 2.44. The van der Waals surface area contributed by atoms with Gasteiger partial charge in [0, 0.05) is 53.4 Å². The first-order valence-corrected chi connectivity index (χ1v) is 11.5. The molecule has 1 fully saturated rings. The zero-order valence-corrected chi connectivity index (χ0v) is 18.8. The average Bonchev–Trinajstić information content (AvgIpc) is 3.22. The van der Waals surface area contributed by atoms with Crippen molar-refractivity contribution in [3.05, 3.63) is 76.2 Å². The number of carbonyl (C=O) groups excluding carboxylic acids is 1. The summed E-state index contributed by atoms with van der Waals surface area (Å²) >= 11 is 3.50. The van der Waals surface area contributed by atoms with Crippen LogP contribution in [0, 0.1) is 5.82 Å². The molecule has 1 saturated heterocycles. The Hall–Kier alpha value is -2.44. The standard InChI is InChI=1S/C25H24BrFN2O2/c26-19-3-1-18(2-4-19)25(9-13-31-14-10-25)24(30)29-11-7-17(8-12-29)22-16-28-23-15-20(27)5-6-21(22)23/h1-7,15-16,28H,8-14H2. The van der Waals surface area contributed by atoms with Crippen LogP contribution in [0.4, 0.5) is 4.39 Å². The van der Waals surface area contributed by atoms with Gasteiger partial charge in [0.2, 0.25) is 5.91 Å². The van der Waals surface area contributed by atoms with Crippen LogP contribution in [0.25, 0.3) is 16.5 Å². The molecule has 3 heterocycles. The second kappa shape index (κ2) is 8.24. The van der Waals surface area contributed by atoms with E-state index in [1.165, 1.54) is 17.7 Å². The highest BCUT2D eigenvalue weighted by Crippen LogP contribution is 2.38. The zero-order chi connectivity index (χ0) is 21.4. The zero-order valence-electron chi connectivity index (χ0n) is 17.2. The van der Waals surface area contributed by atoms with Crippen LogP contribution >= 0.6 is 15.9 Å². The number of aromatic nitrogens is 1. The summed E-state index contributed by atoms with van der Waals surface area (Å²) < 4.78 is 20.1. The number of hydrogen-bond acceptors (Lipinski definition) is 2. The fourth-order valence-electron chi connectivity index (χ4n) is 4.88. The lowest BCUT2D eigenvalue weighted by molar-refractivity contribution is -0.141. The Balaban J connectivity index is 1.41. The van der Waals surface area contributed by atoms with E-state index < -0.39 is 5.41 Å². The van der Waals surface area contributed by atoms with Crippen molar-refractivity contribution in [1.82, 2.24) is 9.88 Å². The summed E-state index contributed by atoms with van der Waals surface area (Å²) in [4.78, 5) is 18.9. The molecule has 0 saturated carbocycles. The lowest BCUT2D eigenvalue weighted by Crippen LogP contribution is -2.51. The summed E-state index contributed by atoms with van der Waals surface area (Å²) in [6.45, 7) is 2.46. The molecular formula is C25H24BrFN2O2. The molecule has 0 radical (unpaired) electrons. The summed E-state index contributed by atoms with van der Waals surface area (Å²) in [5.74, 6) is -0.0561. The number of halogens is 2. The monoisotopic (exact) mass is 482 g/mol. The number of amides is 1. The van der Waals surface area contributed by atoms with Gasteiger partial charge in [0.05, 0.1) is 5.41 Å². The van der Waals surface area contributed by atoms with Crippen LogP contribution < -0.4 is 0 Å². The molecule has 1 amide bonds. The quantitative estimate of drug-likeness (QED) is 0.540. The van der Waals surface area contributed by atoms with Crippen LogP contribution in [0.1, 0.15) is 30.4 Å². The topological polar surface area (TPSA) is 45.3 Å². The van der Waals surface area contributed by atoms with Crippen LogP contribution in [0.3, 0.4) is 0 Å². The summed E-state index contributed by atoms with van der Waals surface area (Å²) in [6.07, 6.45) is 6.27. The number of carbonyl (C=O) groups is 1. The van der Waals surface area contributed by atoms with E-state index in [9.17, 15) is 9.18 Å². The molecular weight excluding hydrogens is 459 g/mol. The second-order valence-corrected chi connectivity index (χ2v) is 9.24. The predicted octanol–water partition coefficient (Wildman–Crippen LogP) is 5.43. The lowest BCUT2D eigenvalue weighted by atomic mass is 9.72. The van der Waals surface area contributed by atoms with Crippen molar-refractivity contribution >= 4 is 38.3 Å². The molecule has 3 aromatic rings. The largest absolute Gasteiger partial charge is 0.381 e. The van der Waals surface area contributed by atoms with Gasteiger partial charge in [-0.25, -0.2) is 4.39 Å². The molecule has 0 atom stereocenters. The second-order valence-electron chi connectivity index (χ2n) is 8.32. The van der Waals surface area contributed by atoms with Crippen LogP contribution in [0.5, 0.6) is 0 Å². The lowest BCUT2D eigenvalue weighted by Gasteiger charge is -2.41. The minimum absolute atomic E-state index is 0.189. The third kappa shape index (κ3) is 3.72. The van der Waals surface area contributed by atoms with Crippen molar-refractivity contribution in [3.8, 4) is 0 Å². The predicted molar refractivity (Wildman–Crippen MR) is 123 cm³/mol. The molecule has 1 aromatic heterocycles. The molecule has 2 aromatic carbocycles. The van der Waals surface area contributed by atoms with E-state index in [-0.39, 0.29) is 11.7 Å². The van der Waals surface area contributed by atoms with Crippen molar-refractivity contribution < 1.29 is 13.9 Å². The van der Waals surface area contributed by atoms with Crippen molar-refractivity contribution in [3.63, 3.8) is 0 Å². The number of hydrogen-bond donors (Lipinski definition) is 1. The third-order valence-corrected chi connectivity index (χ3v) is 7.17. The Labute approximate surface area is 189 Å². The van der Waals surface area contributed by atoms with Crippen molar-refractivity contribution in [1.29, 1.82) is 0 Å². The first kappa shape index (κ1) is 20.5. The summed E-state index contributed by atoms with van der Waals surface area (Å²) in [6, 6.07) is 13.0. The van der Waals surface area contributed by atoms with Gasteiger partial charge in [-0.15, -0.1) is 0 Å².